The molecule has 4 aromatic rings. The van der Waals surface area contributed by atoms with E-state index in [0.29, 0.717) is 22.0 Å². The summed E-state index contributed by atoms with van der Waals surface area (Å²) in [4.78, 5) is 25.5. The molecular weight excluding hydrogens is 482 g/mol. The normalized spacial score (nSPS) is 13.6. The van der Waals surface area contributed by atoms with Crippen LogP contribution in [0.4, 0.5) is 10.5 Å². The molecule has 3 N–H and O–H groups in total. The van der Waals surface area contributed by atoms with Crippen LogP contribution < -0.4 is 10.6 Å². The topological polar surface area (TPSA) is 122 Å². The van der Waals surface area contributed by atoms with Crippen LogP contribution in [-0.2, 0) is 6.54 Å². The summed E-state index contributed by atoms with van der Waals surface area (Å²) in [5.74, 6) is -0.242. The predicted molar refractivity (Wildman–Crippen MR) is 134 cm³/mol. The Morgan fingerprint density at radius 3 is 2.67 bits per heavy atom. The Kier molecular flexibility index (Phi) is 6.73. The molecule has 0 saturated heterocycles. The lowest BCUT2D eigenvalue weighted by atomic mass is 10.0. The van der Waals surface area contributed by atoms with Crippen molar-refractivity contribution in [2.45, 2.75) is 38.1 Å². The number of phenols is 1. The molecule has 1 fully saturated rings. The van der Waals surface area contributed by atoms with Gasteiger partial charge >= 0.3 is 6.03 Å². The maximum atomic E-state index is 13.2. The third-order valence-electron chi connectivity index (χ3n) is 6.28. The van der Waals surface area contributed by atoms with Gasteiger partial charge < -0.3 is 20.3 Å². The Morgan fingerprint density at radius 2 is 1.92 bits per heavy atom. The first kappa shape index (κ1) is 23.6. The van der Waals surface area contributed by atoms with Crippen molar-refractivity contribution in [3.63, 3.8) is 0 Å². The highest BCUT2D eigenvalue weighted by Gasteiger charge is 2.26. The van der Waals surface area contributed by atoms with Crippen LogP contribution in [0.1, 0.15) is 53.4 Å². The van der Waals surface area contributed by atoms with E-state index in [1.165, 1.54) is 23.0 Å². The van der Waals surface area contributed by atoms with E-state index in [2.05, 4.69) is 20.9 Å². The number of nitrogens with zero attached hydrogens (tertiary/aromatic N) is 3. The molecule has 1 aliphatic carbocycles. The van der Waals surface area contributed by atoms with Gasteiger partial charge in [-0.1, -0.05) is 47.8 Å². The van der Waals surface area contributed by atoms with E-state index in [1.54, 1.807) is 18.2 Å². The molecule has 2 heterocycles. The molecule has 10 heteroatoms. The molecule has 0 radical (unpaired) electrons. The smallest absolute Gasteiger partial charge is 0.342 e. The van der Waals surface area contributed by atoms with Gasteiger partial charge in [-0.05, 0) is 48.7 Å². The largest absolute Gasteiger partial charge is 0.507 e. The third kappa shape index (κ3) is 4.96. The zero-order valence-electron chi connectivity index (χ0n) is 19.3. The van der Waals surface area contributed by atoms with E-state index in [-0.39, 0.29) is 30.0 Å². The number of hydrogen-bond acceptors (Lipinski definition) is 6. The third-order valence-corrected chi connectivity index (χ3v) is 6.65. The van der Waals surface area contributed by atoms with Crippen LogP contribution in [0, 0.1) is 0 Å². The van der Waals surface area contributed by atoms with Gasteiger partial charge in [0.25, 0.3) is 5.91 Å². The lowest BCUT2D eigenvalue weighted by Crippen LogP contribution is -2.30. The highest BCUT2D eigenvalue weighted by atomic mass is 35.5. The molecule has 0 atom stereocenters. The number of hydrogen-bond donors (Lipinski definition) is 3. The van der Waals surface area contributed by atoms with Crippen molar-refractivity contribution in [1.29, 1.82) is 0 Å². The molecule has 184 valence electrons. The Balaban J connectivity index is 1.43. The highest BCUT2D eigenvalue weighted by molar-refractivity contribution is 6.31. The summed E-state index contributed by atoms with van der Waals surface area (Å²) in [7, 11) is 0. The van der Waals surface area contributed by atoms with Gasteiger partial charge in [-0.25, -0.2) is 4.79 Å². The molecule has 5 rings (SSSR count). The zero-order chi connectivity index (χ0) is 25.1. The second-order valence-corrected chi connectivity index (χ2v) is 9.07. The minimum Gasteiger partial charge on any atom is -0.507 e. The first-order valence-corrected chi connectivity index (χ1v) is 12.0. The number of carbonyl (C=O) groups excluding carboxylic acids is 2. The van der Waals surface area contributed by atoms with Gasteiger partial charge in [0.15, 0.2) is 0 Å². The molecule has 0 bridgehead atoms. The van der Waals surface area contributed by atoms with Crippen molar-refractivity contribution in [3.8, 4) is 17.0 Å². The summed E-state index contributed by atoms with van der Waals surface area (Å²) in [6.45, 7) is 0.256. The van der Waals surface area contributed by atoms with E-state index < -0.39 is 5.91 Å². The van der Waals surface area contributed by atoms with E-state index in [4.69, 9.17) is 16.1 Å². The first-order valence-electron chi connectivity index (χ1n) is 11.7. The van der Waals surface area contributed by atoms with E-state index >= 15 is 0 Å². The Labute approximate surface area is 212 Å². The maximum Gasteiger partial charge on any atom is 0.342 e. The monoisotopic (exact) mass is 505 g/mol. The summed E-state index contributed by atoms with van der Waals surface area (Å²) in [6, 6.07) is 14.9. The fourth-order valence-corrected chi connectivity index (χ4v) is 4.64. The average molecular weight is 506 g/mol. The van der Waals surface area contributed by atoms with Crippen molar-refractivity contribution in [2.75, 3.05) is 5.32 Å². The van der Waals surface area contributed by atoms with Crippen molar-refractivity contribution in [3.05, 3.63) is 82.8 Å². The van der Waals surface area contributed by atoms with Gasteiger partial charge in [0.2, 0.25) is 5.76 Å². The minimum absolute atomic E-state index is 0.0215. The van der Waals surface area contributed by atoms with Crippen LogP contribution in [0.5, 0.6) is 5.75 Å². The van der Waals surface area contributed by atoms with Crippen LogP contribution in [0.3, 0.4) is 0 Å². The number of aromatic nitrogens is 3. The van der Waals surface area contributed by atoms with Crippen LogP contribution in [0.2, 0.25) is 5.02 Å². The summed E-state index contributed by atoms with van der Waals surface area (Å²) < 4.78 is 6.27. The summed E-state index contributed by atoms with van der Waals surface area (Å²) >= 11 is 6.23. The van der Waals surface area contributed by atoms with Gasteiger partial charge in [0.05, 0.1) is 17.6 Å². The van der Waals surface area contributed by atoms with Crippen molar-refractivity contribution >= 4 is 29.2 Å². The molecule has 0 aliphatic heterocycles. The van der Waals surface area contributed by atoms with Crippen LogP contribution in [0.25, 0.3) is 11.3 Å². The number of halogens is 1. The van der Waals surface area contributed by atoms with Crippen LogP contribution >= 0.6 is 11.6 Å². The number of aromatic hydroxyl groups is 1. The van der Waals surface area contributed by atoms with Gasteiger partial charge in [0.1, 0.15) is 5.75 Å². The van der Waals surface area contributed by atoms with Gasteiger partial charge in [-0.15, -0.1) is 0 Å². The van der Waals surface area contributed by atoms with E-state index in [0.717, 1.165) is 36.9 Å². The maximum absolute atomic E-state index is 13.2. The molecule has 2 amide bonds. The zero-order valence-corrected chi connectivity index (χ0v) is 20.0. The first-order chi connectivity index (χ1) is 17.5. The average Bonchev–Trinajstić information content (AvgIpc) is 3.66. The molecule has 0 unspecified atom stereocenters. The van der Waals surface area contributed by atoms with E-state index in [1.807, 2.05) is 24.3 Å². The summed E-state index contributed by atoms with van der Waals surface area (Å²) in [5, 5.41) is 24.9. The van der Waals surface area contributed by atoms with Crippen molar-refractivity contribution in [2.24, 2.45) is 0 Å². The molecule has 1 aliphatic rings. The standard InChI is InChI=1S/C26H24ClN5O4/c27-20-8-4-3-7-17(20)15-28-26(35)32-22(16-5-1-2-6-16)14-21(31-32)19-13-18(9-10-23(19)33)30-25(34)24-11-12-29-36-24/h3-4,7-14,16,33H,1-2,5-6,15H2,(H,28,35)(H,30,34). The number of nitrogens with one attached hydrogen (secondary N) is 2. The molecule has 1 saturated carbocycles. The number of rotatable bonds is 6. The van der Waals surface area contributed by atoms with Gasteiger partial charge in [-0.2, -0.15) is 9.78 Å². The quantitative estimate of drug-likeness (QED) is 0.295. The number of amides is 2. The highest BCUT2D eigenvalue weighted by Crippen LogP contribution is 2.38. The van der Waals surface area contributed by atoms with Crippen molar-refractivity contribution in [1.82, 2.24) is 20.3 Å². The van der Waals surface area contributed by atoms with Crippen LogP contribution in [0.15, 0.2) is 65.3 Å². The lowest BCUT2D eigenvalue weighted by Gasteiger charge is -2.12. The minimum atomic E-state index is -0.472. The fraction of sp³-hybridized carbons (Fsp3) is 0.231. The van der Waals surface area contributed by atoms with Crippen LogP contribution in [-0.4, -0.2) is 32.0 Å². The summed E-state index contributed by atoms with van der Waals surface area (Å²) in [5.41, 5.74) is 2.84. The Hall–Kier alpha value is -4.11. The van der Waals surface area contributed by atoms with Gasteiger partial charge in [-0.3, -0.25) is 4.79 Å². The second kappa shape index (κ2) is 10.2. The lowest BCUT2D eigenvalue weighted by molar-refractivity contribution is 0.0988. The number of carbonyl (C=O) groups is 2. The number of phenolic OH excluding ortho intramolecular Hbond substituents is 1. The van der Waals surface area contributed by atoms with Gasteiger partial charge in [0, 0.05) is 34.8 Å². The molecule has 2 aromatic carbocycles. The predicted octanol–water partition coefficient (Wildman–Crippen LogP) is 5.56. The number of benzene rings is 2. The molecule has 0 spiro atoms. The number of anilines is 1. The molecule has 9 nitrogen and oxygen atoms in total. The van der Waals surface area contributed by atoms with E-state index in [9.17, 15) is 14.7 Å². The molecule has 2 aromatic heterocycles. The second-order valence-electron chi connectivity index (χ2n) is 8.66. The Bertz CT molecular complexity index is 1390. The van der Waals surface area contributed by atoms with Crippen molar-refractivity contribution < 1.29 is 19.2 Å². The fourth-order valence-electron chi connectivity index (χ4n) is 4.43. The Morgan fingerprint density at radius 1 is 1.11 bits per heavy atom. The molecule has 36 heavy (non-hydrogen) atoms. The SMILES string of the molecule is O=C(Nc1ccc(O)c(-c2cc(C3CCCC3)n(C(=O)NCc3ccccc3Cl)n2)c1)c1ccno1. The summed E-state index contributed by atoms with van der Waals surface area (Å²) in [6.07, 6.45) is 5.47. The molecular formula is C26H24ClN5O4.